The Labute approximate surface area is 161 Å². The van der Waals surface area contributed by atoms with Gasteiger partial charge in [0.05, 0.1) is 24.9 Å². The van der Waals surface area contributed by atoms with Gasteiger partial charge in [0.25, 0.3) is 0 Å². The van der Waals surface area contributed by atoms with Gasteiger partial charge in [-0.2, -0.15) is 0 Å². The number of imidazole rings is 1. The average molecular weight is 373 g/mol. The van der Waals surface area contributed by atoms with Gasteiger partial charge >= 0.3 is 5.97 Å². The summed E-state index contributed by atoms with van der Waals surface area (Å²) >= 11 is 0. The van der Waals surface area contributed by atoms with Crippen LogP contribution in [0.2, 0.25) is 0 Å². The number of benzene rings is 2. The van der Waals surface area contributed by atoms with Gasteiger partial charge in [-0.05, 0) is 40.8 Å². The molecule has 0 aliphatic rings. The first-order chi connectivity index (χ1) is 13.7. The Morgan fingerprint density at radius 1 is 1.14 bits per heavy atom. The first-order valence-corrected chi connectivity index (χ1v) is 8.89. The Balaban J connectivity index is 1.65. The molecule has 28 heavy (non-hydrogen) atoms. The number of fused-ring (bicyclic) bond motifs is 1. The highest BCUT2D eigenvalue weighted by Crippen LogP contribution is 2.32. The maximum absolute atomic E-state index is 12.0. The number of aliphatic carboxylic acids is 1. The number of nitrogens with one attached hydrogen (secondary N) is 1. The first kappa shape index (κ1) is 17.7. The zero-order valence-corrected chi connectivity index (χ0v) is 15.3. The van der Waals surface area contributed by atoms with E-state index in [4.69, 9.17) is 4.74 Å². The molecule has 2 N–H and O–H groups in total. The molecule has 140 valence electrons. The van der Waals surface area contributed by atoms with E-state index in [1.807, 2.05) is 36.4 Å². The summed E-state index contributed by atoms with van der Waals surface area (Å²) in [4.78, 5) is 23.5. The summed E-state index contributed by atoms with van der Waals surface area (Å²) in [5.74, 6) is -0.958. The number of rotatable bonds is 6. The van der Waals surface area contributed by atoms with Crippen LogP contribution in [0.1, 0.15) is 17.0 Å². The number of carbonyl (C=O) groups is 1. The highest BCUT2D eigenvalue weighted by Gasteiger charge is 2.24. The second-order valence-electron chi connectivity index (χ2n) is 6.52. The minimum Gasteiger partial charge on any atom is -0.494 e. The van der Waals surface area contributed by atoms with E-state index in [2.05, 4.69) is 15.0 Å². The molecular weight excluding hydrogens is 354 g/mol. The standard InChI is InChI=1S/C22H19N3O3/c1-28-19-9-8-17(20-21(19)25-13-24-20)18(22(26)27)11-14-4-6-15(7-5-14)16-3-2-10-23-12-16/h2-10,12-13,18H,11H2,1H3,(H,24,25)(H,26,27). The fourth-order valence-electron chi connectivity index (χ4n) is 3.42. The SMILES string of the molecule is COc1ccc(C(Cc2ccc(-c3cccnc3)cc2)C(=O)O)c2[nH]cnc12. The molecule has 1 unspecified atom stereocenters. The van der Waals surface area contributed by atoms with E-state index in [-0.39, 0.29) is 0 Å². The van der Waals surface area contributed by atoms with Crippen molar-refractivity contribution in [1.29, 1.82) is 0 Å². The van der Waals surface area contributed by atoms with Crippen LogP contribution in [0.4, 0.5) is 0 Å². The van der Waals surface area contributed by atoms with Crippen LogP contribution in [-0.2, 0) is 11.2 Å². The van der Waals surface area contributed by atoms with Crippen molar-refractivity contribution in [1.82, 2.24) is 15.0 Å². The van der Waals surface area contributed by atoms with Crippen LogP contribution < -0.4 is 4.74 Å². The van der Waals surface area contributed by atoms with Gasteiger partial charge in [0.2, 0.25) is 0 Å². The number of carboxylic acids is 1. The van der Waals surface area contributed by atoms with Crippen LogP contribution in [0.25, 0.3) is 22.2 Å². The molecule has 0 saturated carbocycles. The number of aromatic amines is 1. The first-order valence-electron chi connectivity index (χ1n) is 8.89. The Hall–Kier alpha value is -3.67. The predicted octanol–water partition coefficient (Wildman–Crippen LogP) is 4.04. The highest BCUT2D eigenvalue weighted by atomic mass is 16.5. The summed E-state index contributed by atoms with van der Waals surface area (Å²) in [6.07, 6.45) is 5.48. The van der Waals surface area contributed by atoms with E-state index < -0.39 is 11.9 Å². The molecule has 0 bridgehead atoms. The number of aromatic nitrogens is 3. The number of nitrogens with zero attached hydrogens (tertiary/aromatic N) is 2. The van der Waals surface area contributed by atoms with Gasteiger partial charge in [-0.25, -0.2) is 4.98 Å². The number of pyridine rings is 1. The maximum atomic E-state index is 12.0. The number of carboxylic acid groups (broad SMARTS) is 1. The van der Waals surface area contributed by atoms with Crippen LogP contribution >= 0.6 is 0 Å². The lowest BCUT2D eigenvalue weighted by Crippen LogP contribution is -2.15. The Kier molecular flexibility index (Phi) is 4.76. The molecule has 4 aromatic rings. The van der Waals surface area contributed by atoms with Gasteiger partial charge in [-0.15, -0.1) is 0 Å². The number of ether oxygens (including phenoxy) is 1. The summed E-state index contributed by atoms with van der Waals surface area (Å²) in [5, 5.41) is 9.87. The quantitative estimate of drug-likeness (QED) is 0.532. The number of methoxy groups -OCH3 is 1. The Morgan fingerprint density at radius 2 is 1.96 bits per heavy atom. The zero-order chi connectivity index (χ0) is 19.5. The number of H-pyrrole nitrogens is 1. The van der Waals surface area contributed by atoms with Gasteiger partial charge < -0.3 is 14.8 Å². The van der Waals surface area contributed by atoms with Crippen molar-refractivity contribution < 1.29 is 14.6 Å². The minimum absolute atomic E-state index is 0.378. The number of hydrogen-bond acceptors (Lipinski definition) is 4. The third-order valence-electron chi connectivity index (χ3n) is 4.86. The lowest BCUT2D eigenvalue weighted by atomic mass is 9.90. The van der Waals surface area contributed by atoms with Crippen molar-refractivity contribution >= 4 is 17.0 Å². The Morgan fingerprint density at radius 3 is 2.64 bits per heavy atom. The second-order valence-corrected chi connectivity index (χ2v) is 6.52. The summed E-state index contributed by atoms with van der Waals surface area (Å²) in [7, 11) is 1.57. The van der Waals surface area contributed by atoms with Crippen LogP contribution in [0.15, 0.2) is 67.3 Å². The van der Waals surface area contributed by atoms with E-state index in [1.54, 1.807) is 38.0 Å². The molecular formula is C22H19N3O3. The Bertz CT molecular complexity index is 1110. The third kappa shape index (κ3) is 3.32. The molecule has 0 radical (unpaired) electrons. The van der Waals surface area contributed by atoms with Crippen molar-refractivity contribution in [3.8, 4) is 16.9 Å². The van der Waals surface area contributed by atoms with Gasteiger partial charge in [-0.3, -0.25) is 9.78 Å². The molecule has 0 saturated heterocycles. The predicted molar refractivity (Wildman–Crippen MR) is 106 cm³/mol. The van der Waals surface area contributed by atoms with Crippen molar-refractivity contribution in [2.75, 3.05) is 7.11 Å². The molecule has 2 heterocycles. The zero-order valence-electron chi connectivity index (χ0n) is 15.3. The molecule has 2 aromatic carbocycles. The molecule has 0 aliphatic heterocycles. The van der Waals surface area contributed by atoms with Crippen molar-refractivity contribution in [2.45, 2.75) is 12.3 Å². The van der Waals surface area contributed by atoms with E-state index in [9.17, 15) is 9.90 Å². The molecule has 2 aromatic heterocycles. The van der Waals surface area contributed by atoms with E-state index in [0.717, 1.165) is 16.7 Å². The van der Waals surface area contributed by atoms with Gasteiger partial charge in [0, 0.05) is 12.4 Å². The lowest BCUT2D eigenvalue weighted by molar-refractivity contribution is -0.138. The third-order valence-corrected chi connectivity index (χ3v) is 4.86. The molecule has 6 heteroatoms. The molecule has 0 spiro atoms. The van der Waals surface area contributed by atoms with E-state index in [1.165, 1.54) is 0 Å². The lowest BCUT2D eigenvalue weighted by Gasteiger charge is -2.15. The maximum Gasteiger partial charge on any atom is 0.311 e. The van der Waals surface area contributed by atoms with Crippen LogP contribution in [-0.4, -0.2) is 33.1 Å². The van der Waals surface area contributed by atoms with Crippen molar-refractivity contribution in [3.05, 3.63) is 78.4 Å². The van der Waals surface area contributed by atoms with Gasteiger partial charge in [0.1, 0.15) is 11.3 Å². The van der Waals surface area contributed by atoms with Gasteiger partial charge in [-0.1, -0.05) is 36.4 Å². The van der Waals surface area contributed by atoms with Crippen LogP contribution in [0, 0.1) is 0 Å². The van der Waals surface area contributed by atoms with E-state index >= 15 is 0 Å². The normalized spacial score (nSPS) is 12.0. The fraction of sp³-hybridized carbons (Fsp3) is 0.136. The van der Waals surface area contributed by atoms with Crippen LogP contribution in [0.3, 0.4) is 0 Å². The molecule has 6 nitrogen and oxygen atoms in total. The van der Waals surface area contributed by atoms with Crippen molar-refractivity contribution in [3.63, 3.8) is 0 Å². The largest absolute Gasteiger partial charge is 0.494 e. The summed E-state index contributed by atoms with van der Waals surface area (Å²) < 4.78 is 5.32. The molecule has 0 fully saturated rings. The fourth-order valence-corrected chi connectivity index (χ4v) is 3.42. The summed E-state index contributed by atoms with van der Waals surface area (Å²) in [6.45, 7) is 0. The molecule has 0 aliphatic carbocycles. The smallest absolute Gasteiger partial charge is 0.311 e. The average Bonchev–Trinajstić information content (AvgIpc) is 3.22. The second kappa shape index (κ2) is 7.52. The highest BCUT2D eigenvalue weighted by molar-refractivity contribution is 5.89. The molecule has 0 amide bonds. The van der Waals surface area contributed by atoms with Crippen LogP contribution in [0.5, 0.6) is 5.75 Å². The van der Waals surface area contributed by atoms with E-state index in [0.29, 0.717) is 28.8 Å². The van der Waals surface area contributed by atoms with Gasteiger partial charge in [0.15, 0.2) is 0 Å². The molecule has 1 atom stereocenters. The number of hydrogen-bond donors (Lipinski definition) is 2. The summed E-state index contributed by atoms with van der Waals surface area (Å²) in [6, 6.07) is 15.4. The topological polar surface area (TPSA) is 88.1 Å². The van der Waals surface area contributed by atoms with Crippen molar-refractivity contribution in [2.24, 2.45) is 0 Å². The minimum atomic E-state index is -0.877. The monoisotopic (exact) mass is 373 g/mol. The summed E-state index contributed by atoms with van der Waals surface area (Å²) in [5.41, 5.74) is 5.04. The molecule has 4 rings (SSSR count).